The number of nitrogens with zero attached hydrogens (tertiary/aromatic N) is 1. The number of sulfone groups is 1. The molecule has 2 aromatic rings. The molecule has 0 radical (unpaired) electrons. The second kappa shape index (κ2) is 5.61. The number of hydrogen-bond acceptors (Lipinski definition) is 3. The highest BCUT2D eigenvalue weighted by Crippen LogP contribution is 2.38. The Balaban J connectivity index is 2.00. The van der Waals surface area contributed by atoms with Gasteiger partial charge in [0.2, 0.25) is 9.84 Å². The van der Waals surface area contributed by atoms with Gasteiger partial charge in [0.05, 0.1) is 9.80 Å². The van der Waals surface area contributed by atoms with Crippen molar-refractivity contribution < 1.29 is 8.42 Å². The first-order valence-corrected chi connectivity index (χ1v) is 8.97. The van der Waals surface area contributed by atoms with E-state index in [1.165, 1.54) is 0 Å². The molecule has 0 N–H and O–H groups in total. The van der Waals surface area contributed by atoms with Crippen LogP contribution in [0.1, 0.15) is 25.0 Å². The third-order valence-electron chi connectivity index (χ3n) is 4.07. The smallest absolute Gasteiger partial charge is 0.207 e. The first-order valence-electron chi connectivity index (χ1n) is 7.49. The van der Waals surface area contributed by atoms with Crippen LogP contribution >= 0.6 is 0 Å². The number of hydrogen-bond donors (Lipinski definition) is 0. The lowest BCUT2D eigenvalue weighted by Crippen LogP contribution is -2.21. The lowest BCUT2D eigenvalue weighted by molar-refractivity contribution is 0.606. The van der Waals surface area contributed by atoms with E-state index < -0.39 is 9.84 Å². The fourth-order valence-corrected chi connectivity index (χ4v) is 4.51. The normalized spacial score (nSPS) is 15.3. The quantitative estimate of drug-likeness (QED) is 0.861. The maximum absolute atomic E-state index is 12.6. The minimum atomic E-state index is -3.40. The molecule has 3 rings (SSSR count). The van der Waals surface area contributed by atoms with Crippen molar-refractivity contribution in [2.24, 2.45) is 0 Å². The Morgan fingerprint density at radius 2 is 1.55 bits per heavy atom. The standard InChI is InChI=1S/C18H19NO2S/c1-3-19(4-2)16-11-9-14(10-12-16)18-13-15-7-5-6-8-17(15)22(18,20)21/h5-13H,3-4H2,1-2H3. The molecule has 0 fully saturated rings. The largest absolute Gasteiger partial charge is 0.372 e. The van der Waals surface area contributed by atoms with E-state index in [-0.39, 0.29) is 0 Å². The SMILES string of the molecule is CCN(CC)c1ccc(C2=Cc3ccccc3S2(=O)=O)cc1. The van der Waals surface area contributed by atoms with E-state index >= 15 is 0 Å². The average molecular weight is 313 g/mol. The van der Waals surface area contributed by atoms with Gasteiger partial charge in [-0.3, -0.25) is 0 Å². The highest BCUT2D eigenvalue weighted by molar-refractivity contribution is 8.01. The molecule has 0 spiro atoms. The van der Waals surface area contributed by atoms with Crippen LogP contribution in [0.4, 0.5) is 5.69 Å². The average Bonchev–Trinajstić information content (AvgIpc) is 2.81. The summed E-state index contributed by atoms with van der Waals surface area (Å²) in [4.78, 5) is 3.02. The van der Waals surface area contributed by atoms with Crippen molar-refractivity contribution in [3.05, 3.63) is 59.7 Å². The van der Waals surface area contributed by atoms with Crippen LogP contribution in [0.5, 0.6) is 0 Å². The monoisotopic (exact) mass is 313 g/mol. The van der Waals surface area contributed by atoms with Gasteiger partial charge in [-0.05, 0) is 49.2 Å². The Morgan fingerprint density at radius 3 is 2.14 bits per heavy atom. The van der Waals surface area contributed by atoms with Crippen LogP contribution in [-0.4, -0.2) is 21.5 Å². The molecule has 1 aliphatic heterocycles. The molecular weight excluding hydrogens is 294 g/mol. The molecular formula is C18H19NO2S. The van der Waals surface area contributed by atoms with Crippen LogP contribution < -0.4 is 4.90 Å². The van der Waals surface area contributed by atoms with Crippen LogP contribution in [0.3, 0.4) is 0 Å². The van der Waals surface area contributed by atoms with Crippen LogP contribution in [0, 0.1) is 0 Å². The van der Waals surface area contributed by atoms with Gasteiger partial charge in [-0.25, -0.2) is 8.42 Å². The molecule has 1 aliphatic rings. The second-order valence-corrected chi connectivity index (χ2v) is 7.16. The fourth-order valence-electron chi connectivity index (χ4n) is 2.85. The summed E-state index contributed by atoms with van der Waals surface area (Å²) in [5.41, 5.74) is 2.62. The molecule has 1 heterocycles. The number of fused-ring (bicyclic) bond motifs is 1. The highest BCUT2D eigenvalue weighted by atomic mass is 32.2. The van der Waals surface area contributed by atoms with Crippen molar-refractivity contribution in [3.8, 4) is 0 Å². The molecule has 0 amide bonds. The minimum Gasteiger partial charge on any atom is -0.372 e. The molecule has 3 nitrogen and oxygen atoms in total. The predicted molar refractivity (Wildman–Crippen MR) is 91.5 cm³/mol. The minimum absolute atomic E-state index is 0.389. The van der Waals surface area contributed by atoms with Crippen LogP contribution in [0.2, 0.25) is 0 Å². The summed E-state index contributed by atoms with van der Waals surface area (Å²) in [5.74, 6) is 0. The van der Waals surface area contributed by atoms with Crippen molar-refractivity contribution >= 4 is 26.5 Å². The lowest BCUT2D eigenvalue weighted by Gasteiger charge is -2.21. The Labute approximate surface area is 131 Å². The molecule has 0 unspecified atom stereocenters. The first-order chi connectivity index (χ1) is 10.6. The topological polar surface area (TPSA) is 37.4 Å². The van der Waals surface area contributed by atoms with Crippen LogP contribution in [0.25, 0.3) is 11.0 Å². The van der Waals surface area contributed by atoms with Gasteiger partial charge in [0.15, 0.2) is 0 Å². The molecule has 4 heteroatoms. The van der Waals surface area contributed by atoms with E-state index in [9.17, 15) is 8.42 Å². The van der Waals surface area contributed by atoms with Crippen molar-refractivity contribution in [2.45, 2.75) is 18.7 Å². The molecule has 0 saturated carbocycles. The van der Waals surface area contributed by atoms with Crippen molar-refractivity contribution in [1.82, 2.24) is 0 Å². The maximum atomic E-state index is 12.6. The first kappa shape index (κ1) is 14.9. The Morgan fingerprint density at radius 1 is 0.909 bits per heavy atom. The predicted octanol–water partition coefficient (Wildman–Crippen LogP) is 3.82. The Bertz CT molecular complexity index is 816. The maximum Gasteiger partial charge on any atom is 0.207 e. The van der Waals surface area contributed by atoms with E-state index in [1.54, 1.807) is 18.2 Å². The van der Waals surface area contributed by atoms with Gasteiger partial charge in [-0.1, -0.05) is 30.3 Å². The summed E-state index contributed by atoms with van der Waals surface area (Å²) in [5, 5.41) is 0. The van der Waals surface area contributed by atoms with E-state index in [2.05, 4.69) is 18.7 Å². The lowest BCUT2D eigenvalue weighted by atomic mass is 10.1. The van der Waals surface area contributed by atoms with Crippen LogP contribution in [-0.2, 0) is 9.84 Å². The molecule has 0 saturated heterocycles. The molecule has 22 heavy (non-hydrogen) atoms. The summed E-state index contributed by atoms with van der Waals surface area (Å²) in [6, 6.07) is 14.9. The molecule has 2 aromatic carbocycles. The third-order valence-corrected chi connectivity index (χ3v) is 5.95. The fraction of sp³-hybridized carbons (Fsp3) is 0.222. The van der Waals surface area contributed by atoms with E-state index in [0.29, 0.717) is 9.80 Å². The van der Waals surface area contributed by atoms with E-state index in [1.807, 2.05) is 36.4 Å². The Kier molecular flexibility index (Phi) is 3.79. The van der Waals surface area contributed by atoms with E-state index in [0.717, 1.165) is 29.9 Å². The third kappa shape index (κ3) is 2.33. The number of anilines is 1. The zero-order chi connectivity index (χ0) is 15.7. The molecule has 0 atom stereocenters. The van der Waals surface area contributed by atoms with Gasteiger partial charge >= 0.3 is 0 Å². The summed E-state index contributed by atoms with van der Waals surface area (Å²) in [6.07, 6.45) is 1.76. The second-order valence-electron chi connectivity index (χ2n) is 5.27. The van der Waals surface area contributed by atoms with Gasteiger partial charge in [0, 0.05) is 18.8 Å². The van der Waals surface area contributed by atoms with Crippen molar-refractivity contribution in [3.63, 3.8) is 0 Å². The zero-order valence-electron chi connectivity index (χ0n) is 12.8. The highest BCUT2D eigenvalue weighted by Gasteiger charge is 2.30. The van der Waals surface area contributed by atoms with Gasteiger partial charge < -0.3 is 4.90 Å². The zero-order valence-corrected chi connectivity index (χ0v) is 13.6. The van der Waals surface area contributed by atoms with E-state index in [4.69, 9.17) is 0 Å². The Hall–Kier alpha value is -2.07. The van der Waals surface area contributed by atoms with Gasteiger partial charge in [-0.2, -0.15) is 0 Å². The number of benzene rings is 2. The van der Waals surface area contributed by atoms with Crippen molar-refractivity contribution in [2.75, 3.05) is 18.0 Å². The molecule has 114 valence electrons. The summed E-state index contributed by atoms with van der Waals surface area (Å²) >= 11 is 0. The summed E-state index contributed by atoms with van der Waals surface area (Å²) in [6.45, 7) is 6.08. The summed E-state index contributed by atoms with van der Waals surface area (Å²) in [7, 11) is -3.40. The van der Waals surface area contributed by atoms with Crippen LogP contribution in [0.15, 0.2) is 53.4 Å². The molecule has 0 aliphatic carbocycles. The number of rotatable bonds is 4. The van der Waals surface area contributed by atoms with Gasteiger partial charge in [0.25, 0.3) is 0 Å². The summed E-state index contributed by atoms with van der Waals surface area (Å²) < 4.78 is 25.3. The van der Waals surface area contributed by atoms with Crippen molar-refractivity contribution in [1.29, 1.82) is 0 Å². The molecule has 0 aromatic heterocycles. The van der Waals surface area contributed by atoms with Gasteiger partial charge in [-0.15, -0.1) is 0 Å². The van der Waals surface area contributed by atoms with Gasteiger partial charge in [0.1, 0.15) is 0 Å². The molecule has 0 bridgehead atoms.